The van der Waals surface area contributed by atoms with E-state index in [1.165, 1.54) is 42.5 Å². The summed E-state index contributed by atoms with van der Waals surface area (Å²) in [5.41, 5.74) is 1.32. The lowest BCUT2D eigenvalue weighted by atomic mass is 10.2. The Morgan fingerprint density at radius 3 is 2.09 bits per heavy atom. The molecule has 0 aliphatic carbocycles. The average molecular weight is 577 g/mol. The Morgan fingerprint density at radius 2 is 1.51 bits per heavy atom. The summed E-state index contributed by atoms with van der Waals surface area (Å²) in [6.07, 6.45) is 0.948. The Labute approximate surface area is 218 Å². The van der Waals surface area contributed by atoms with Gasteiger partial charge in [0.2, 0.25) is 15.9 Å². The van der Waals surface area contributed by atoms with Crippen molar-refractivity contribution in [3.63, 3.8) is 0 Å². The van der Waals surface area contributed by atoms with Gasteiger partial charge in [-0.1, -0.05) is 40.9 Å². The maximum atomic E-state index is 12.7. The van der Waals surface area contributed by atoms with Gasteiger partial charge in [0.05, 0.1) is 22.5 Å². The Kier molecular flexibility index (Phi) is 8.23. The molecule has 0 heterocycles. The van der Waals surface area contributed by atoms with Crippen LogP contribution in [0.15, 0.2) is 65.6 Å². The molecule has 0 aliphatic rings. The minimum atomic E-state index is -3.91. The van der Waals surface area contributed by atoms with Crippen LogP contribution in [0.1, 0.15) is 5.56 Å². The Balaban J connectivity index is 1.75. The molecule has 0 bridgehead atoms. The van der Waals surface area contributed by atoms with E-state index in [1.807, 2.05) is 0 Å². The molecule has 0 aliphatic heterocycles. The predicted molar refractivity (Wildman–Crippen MR) is 141 cm³/mol. The quantitative estimate of drug-likeness (QED) is 0.385. The fourth-order valence-electron chi connectivity index (χ4n) is 3.05. The van der Waals surface area contributed by atoms with Crippen molar-refractivity contribution in [3.8, 4) is 0 Å². The van der Waals surface area contributed by atoms with Crippen LogP contribution >= 0.6 is 34.8 Å². The van der Waals surface area contributed by atoms with Gasteiger partial charge in [-0.25, -0.2) is 16.8 Å². The molecule has 0 radical (unpaired) electrons. The van der Waals surface area contributed by atoms with E-state index >= 15 is 0 Å². The molecule has 0 unspecified atom stereocenters. The number of amides is 1. The summed E-state index contributed by atoms with van der Waals surface area (Å²) in [6, 6.07) is 14.4. The first kappa shape index (κ1) is 27.1. The van der Waals surface area contributed by atoms with Crippen molar-refractivity contribution in [1.82, 2.24) is 0 Å². The second-order valence-corrected chi connectivity index (χ2v) is 12.4. The molecule has 0 saturated carbocycles. The summed E-state index contributed by atoms with van der Waals surface area (Å²) in [4.78, 5) is 12.5. The number of halogens is 3. The first-order chi connectivity index (χ1) is 16.3. The SMILES string of the molecule is Cc1c(Cl)cccc1NS(=O)(=O)c1ccc(NC(=O)CN(c2cc(Cl)cc(Cl)c2)S(C)(=O)=O)cc1. The first-order valence-electron chi connectivity index (χ1n) is 9.88. The van der Waals surface area contributed by atoms with Crippen molar-refractivity contribution in [1.29, 1.82) is 0 Å². The molecule has 3 aromatic rings. The normalized spacial score (nSPS) is 11.7. The molecule has 3 aromatic carbocycles. The zero-order valence-corrected chi connectivity index (χ0v) is 22.3. The van der Waals surface area contributed by atoms with Crippen molar-refractivity contribution in [2.75, 3.05) is 27.1 Å². The van der Waals surface area contributed by atoms with Crippen LogP contribution in [0.5, 0.6) is 0 Å². The van der Waals surface area contributed by atoms with Gasteiger partial charge in [0.1, 0.15) is 6.54 Å². The van der Waals surface area contributed by atoms with Gasteiger partial charge in [-0.2, -0.15) is 0 Å². The molecule has 0 fully saturated rings. The monoisotopic (exact) mass is 575 g/mol. The molecule has 186 valence electrons. The minimum Gasteiger partial charge on any atom is -0.325 e. The highest BCUT2D eigenvalue weighted by molar-refractivity contribution is 7.92. The van der Waals surface area contributed by atoms with Gasteiger partial charge in [0.15, 0.2) is 0 Å². The number of anilines is 3. The number of hydrogen-bond donors (Lipinski definition) is 2. The average Bonchev–Trinajstić information content (AvgIpc) is 2.74. The van der Waals surface area contributed by atoms with Gasteiger partial charge < -0.3 is 5.32 Å². The number of carbonyl (C=O) groups excluding carboxylic acids is 1. The molecule has 1 amide bonds. The molecule has 0 saturated heterocycles. The third-order valence-corrected chi connectivity index (χ3v) is 8.15. The molecular weight excluding hydrogens is 557 g/mol. The topological polar surface area (TPSA) is 113 Å². The highest BCUT2D eigenvalue weighted by atomic mass is 35.5. The van der Waals surface area contributed by atoms with Gasteiger partial charge >= 0.3 is 0 Å². The number of benzene rings is 3. The van der Waals surface area contributed by atoms with E-state index in [0.29, 0.717) is 16.3 Å². The molecular formula is C22H20Cl3N3O5S2. The summed E-state index contributed by atoms with van der Waals surface area (Å²) in [5.74, 6) is -0.658. The Bertz CT molecular complexity index is 1460. The lowest BCUT2D eigenvalue weighted by Gasteiger charge is -2.22. The molecule has 0 atom stereocenters. The van der Waals surface area contributed by atoms with E-state index in [2.05, 4.69) is 10.0 Å². The third kappa shape index (κ3) is 7.02. The number of rotatable bonds is 8. The van der Waals surface area contributed by atoms with Crippen LogP contribution in [-0.2, 0) is 24.8 Å². The van der Waals surface area contributed by atoms with E-state index in [1.54, 1.807) is 25.1 Å². The van der Waals surface area contributed by atoms with Gasteiger partial charge in [0.25, 0.3) is 10.0 Å². The zero-order chi connectivity index (χ0) is 26.0. The van der Waals surface area contributed by atoms with E-state index in [0.717, 1.165) is 10.6 Å². The van der Waals surface area contributed by atoms with Crippen LogP contribution < -0.4 is 14.3 Å². The molecule has 35 heavy (non-hydrogen) atoms. The van der Waals surface area contributed by atoms with Crippen molar-refractivity contribution >= 4 is 77.8 Å². The molecule has 0 spiro atoms. The van der Waals surface area contributed by atoms with E-state index in [-0.39, 0.29) is 26.3 Å². The van der Waals surface area contributed by atoms with Crippen LogP contribution in [-0.4, -0.2) is 35.5 Å². The fourth-order valence-corrected chi connectivity index (χ4v) is 5.71. The molecule has 13 heteroatoms. The van der Waals surface area contributed by atoms with Crippen LogP contribution in [0.4, 0.5) is 17.1 Å². The molecule has 3 rings (SSSR count). The van der Waals surface area contributed by atoms with Crippen LogP contribution in [0.2, 0.25) is 15.1 Å². The summed E-state index contributed by atoms with van der Waals surface area (Å²) < 4.78 is 53.3. The largest absolute Gasteiger partial charge is 0.325 e. The lowest BCUT2D eigenvalue weighted by Crippen LogP contribution is -2.37. The van der Waals surface area contributed by atoms with Crippen molar-refractivity contribution in [2.45, 2.75) is 11.8 Å². The number of nitrogens with zero attached hydrogens (tertiary/aromatic N) is 1. The Morgan fingerprint density at radius 1 is 0.914 bits per heavy atom. The van der Waals surface area contributed by atoms with Gasteiger partial charge in [-0.15, -0.1) is 0 Å². The second kappa shape index (κ2) is 10.6. The van der Waals surface area contributed by atoms with Gasteiger partial charge in [-0.3, -0.25) is 13.8 Å². The summed E-state index contributed by atoms with van der Waals surface area (Å²) >= 11 is 18.0. The second-order valence-electron chi connectivity index (χ2n) is 7.49. The van der Waals surface area contributed by atoms with Crippen molar-refractivity contribution in [2.24, 2.45) is 0 Å². The van der Waals surface area contributed by atoms with Crippen molar-refractivity contribution < 1.29 is 21.6 Å². The number of carbonyl (C=O) groups is 1. The van der Waals surface area contributed by atoms with Crippen LogP contribution in [0.3, 0.4) is 0 Å². The number of sulfonamides is 2. The van der Waals surface area contributed by atoms with E-state index in [4.69, 9.17) is 34.8 Å². The van der Waals surface area contributed by atoms with E-state index in [9.17, 15) is 21.6 Å². The summed E-state index contributed by atoms with van der Waals surface area (Å²) in [7, 11) is -7.76. The fraction of sp³-hybridized carbons (Fsp3) is 0.136. The molecule has 8 nitrogen and oxygen atoms in total. The van der Waals surface area contributed by atoms with Gasteiger partial charge in [0, 0.05) is 20.8 Å². The lowest BCUT2D eigenvalue weighted by molar-refractivity contribution is -0.114. The maximum absolute atomic E-state index is 12.7. The summed E-state index contributed by atoms with van der Waals surface area (Å²) in [6.45, 7) is 1.14. The molecule has 2 N–H and O–H groups in total. The zero-order valence-electron chi connectivity index (χ0n) is 18.4. The third-order valence-electron chi connectivity index (χ3n) is 4.78. The summed E-state index contributed by atoms with van der Waals surface area (Å²) in [5, 5.41) is 3.38. The minimum absolute atomic E-state index is 0.0405. The molecule has 0 aromatic heterocycles. The van der Waals surface area contributed by atoms with E-state index < -0.39 is 32.5 Å². The van der Waals surface area contributed by atoms with Crippen LogP contribution in [0.25, 0.3) is 0 Å². The van der Waals surface area contributed by atoms with Crippen molar-refractivity contribution in [3.05, 3.63) is 81.3 Å². The Hall–Kier alpha value is -2.50. The standard InChI is InChI=1S/C22H20Cl3N3O5S2/c1-14-20(25)4-3-5-21(14)27-35(32,33)19-8-6-17(7-9-19)26-22(29)13-28(34(2,30)31)18-11-15(23)10-16(24)12-18/h3-12,27H,13H2,1-2H3,(H,26,29). The highest BCUT2D eigenvalue weighted by Gasteiger charge is 2.22. The highest BCUT2D eigenvalue weighted by Crippen LogP contribution is 2.28. The van der Waals surface area contributed by atoms with Crippen LogP contribution in [0, 0.1) is 6.92 Å². The predicted octanol–water partition coefficient (Wildman–Crippen LogP) is 5.16. The smallest absolute Gasteiger partial charge is 0.261 e. The van der Waals surface area contributed by atoms with Gasteiger partial charge in [-0.05, 0) is 67.1 Å². The maximum Gasteiger partial charge on any atom is 0.261 e. The first-order valence-corrected chi connectivity index (χ1v) is 14.3. The number of hydrogen-bond acceptors (Lipinski definition) is 5. The number of nitrogens with one attached hydrogen (secondary N) is 2.